The van der Waals surface area contributed by atoms with E-state index in [2.05, 4.69) is 10.2 Å². The number of methoxy groups -OCH3 is 2. The van der Waals surface area contributed by atoms with E-state index in [9.17, 15) is 19.2 Å². The molecule has 0 aromatic heterocycles. The Balaban J connectivity index is 2.33. The van der Waals surface area contributed by atoms with Crippen molar-refractivity contribution in [2.75, 3.05) is 53.5 Å². The average molecular weight is 668 g/mol. The second kappa shape index (κ2) is 26.6. The maximum Gasteiger partial charge on any atom is 0.410 e. The lowest BCUT2D eigenvalue weighted by atomic mass is 9.97. The highest BCUT2D eigenvalue weighted by molar-refractivity contribution is 5.78. The van der Waals surface area contributed by atoms with Crippen molar-refractivity contribution in [3.63, 3.8) is 0 Å². The van der Waals surface area contributed by atoms with E-state index in [4.69, 9.17) is 14.2 Å². The number of nitrogens with zero attached hydrogens (tertiary/aromatic N) is 2. The largest absolute Gasteiger partial charge is 0.469 e. The monoisotopic (exact) mass is 668 g/mol. The Morgan fingerprint density at radius 2 is 1.06 bits per heavy atom. The smallest absolute Gasteiger partial charge is 0.410 e. The van der Waals surface area contributed by atoms with Gasteiger partial charge in [0.05, 0.1) is 20.8 Å². The number of nitrogens with one attached hydrogen (secondary N) is 1. The summed E-state index contributed by atoms with van der Waals surface area (Å²) in [6.07, 6.45) is 20.6. The number of esters is 2. The van der Waals surface area contributed by atoms with Gasteiger partial charge in [0, 0.05) is 32.5 Å². The Labute approximate surface area is 286 Å². The molecule has 47 heavy (non-hydrogen) atoms. The molecule has 1 rings (SSSR count). The van der Waals surface area contributed by atoms with Crippen LogP contribution in [0.1, 0.15) is 149 Å². The van der Waals surface area contributed by atoms with E-state index < -0.39 is 5.60 Å². The van der Waals surface area contributed by atoms with Gasteiger partial charge in [-0.05, 0) is 78.3 Å². The molecule has 0 radical (unpaired) electrons. The molecular formula is C37H69N3O7. The molecular weight excluding hydrogens is 598 g/mol. The first-order chi connectivity index (χ1) is 22.5. The van der Waals surface area contributed by atoms with Crippen LogP contribution in [-0.2, 0) is 28.6 Å². The number of rotatable bonds is 26. The summed E-state index contributed by atoms with van der Waals surface area (Å²) in [5.74, 6) is 0.242. The third-order valence-electron chi connectivity index (χ3n) is 8.89. The van der Waals surface area contributed by atoms with Crippen LogP contribution in [0.25, 0.3) is 0 Å². The van der Waals surface area contributed by atoms with Gasteiger partial charge in [-0.3, -0.25) is 19.3 Å². The molecule has 0 unspecified atom stereocenters. The predicted molar refractivity (Wildman–Crippen MR) is 187 cm³/mol. The molecule has 1 fully saturated rings. The lowest BCUT2D eigenvalue weighted by molar-refractivity contribution is -0.141. The number of piperidine rings is 1. The predicted octanol–water partition coefficient (Wildman–Crippen LogP) is 7.42. The van der Waals surface area contributed by atoms with Gasteiger partial charge in [-0.1, -0.05) is 77.0 Å². The van der Waals surface area contributed by atoms with Crippen molar-refractivity contribution in [3.05, 3.63) is 0 Å². The molecule has 0 aromatic rings. The Kier molecular flexibility index (Phi) is 24.1. The van der Waals surface area contributed by atoms with Crippen LogP contribution >= 0.6 is 0 Å². The first-order valence-corrected chi connectivity index (χ1v) is 18.6. The number of unbranched alkanes of at least 4 members (excludes halogenated alkanes) is 14. The van der Waals surface area contributed by atoms with E-state index in [1.54, 1.807) is 4.90 Å². The van der Waals surface area contributed by atoms with Crippen molar-refractivity contribution in [1.82, 2.24) is 15.1 Å². The summed E-state index contributed by atoms with van der Waals surface area (Å²) in [5.41, 5.74) is -0.491. The summed E-state index contributed by atoms with van der Waals surface area (Å²) >= 11 is 0. The van der Waals surface area contributed by atoms with Gasteiger partial charge in [-0.25, -0.2) is 4.79 Å². The van der Waals surface area contributed by atoms with Crippen LogP contribution in [0.4, 0.5) is 4.79 Å². The minimum absolute atomic E-state index is 0.0958. The summed E-state index contributed by atoms with van der Waals surface area (Å²) in [6.45, 7) is 9.99. The first-order valence-electron chi connectivity index (χ1n) is 18.6. The van der Waals surface area contributed by atoms with E-state index in [1.165, 1.54) is 65.6 Å². The Morgan fingerprint density at radius 1 is 0.660 bits per heavy atom. The number of hydrogen-bond acceptors (Lipinski definition) is 8. The normalized spacial score (nSPS) is 13.9. The van der Waals surface area contributed by atoms with E-state index in [1.807, 2.05) is 20.8 Å². The fourth-order valence-electron chi connectivity index (χ4n) is 5.97. The number of carbonyl (C=O) groups is 4. The van der Waals surface area contributed by atoms with Crippen LogP contribution < -0.4 is 5.32 Å². The molecule has 1 saturated heterocycles. The minimum atomic E-state index is -0.491. The highest BCUT2D eigenvalue weighted by atomic mass is 16.6. The first kappa shape index (κ1) is 42.7. The molecule has 0 aliphatic carbocycles. The van der Waals surface area contributed by atoms with Crippen molar-refractivity contribution >= 4 is 23.9 Å². The van der Waals surface area contributed by atoms with Crippen LogP contribution in [0.2, 0.25) is 0 Å². The van der Waals surface area contributed by atoms with Gasteiger partial charge >= 0.3 is 18.0 Å². The van der Waals surface area contributed by atoms with E-state index in [0.29, 0.717) is 44.9 Å². The van der Waals surface area contributed by atoms with Crippen molar-refractivity contribution in [2.24, 2.45) is 5.92 Å². The van der Waals surface area contributed by atoms with E-state index >= 15 is 0 Å². The van der Waals surface area contributed by atoms with E-state index in [0.717, 1.165) is 77.3 Å². The van der Waals surface area contributed by atoms with Crippen LogP contribution in [0.3, 0.4) is 0 Å². The standard InChI is InChI=1S/C37H69N3O7/c1-37(2,3)47-36(44)40-28-24-32(25-29-40)30-38-33(41)31-39(26-20-16-12-8-6-10-14-18-22-34(42)45-4)27-21-17-13-9-7-11-15-19-23-35(43)46-5/h32H,6-31H2,1-5H3,(H,38,41). The minimum Gasteiger partial charge on any atom is -0.469 e. The van der Waals surface area contributed by atoms with Gasteiger partial charge in [-0.2, -0.15) is 0 Å². The van der Waals surface area contributed by atoms with Gasteiger partial charge in [0.25, 0.3) is 0 Å². The average Bonchev–Trinajstić information content (AvgIpc) is 3.04. The fraction of sp³-hybridized carbons (Fsp3) is 0.892. The van der Waals surface area contributed by atoms with Crippen LogP contribution in [-0.4, -0.2) is 92.8 Å². The van der Waals surface area contributed by atoms with Crippen LogP contribution in [0, 0.1) is 5.92 Å². The molecule has 2 amide bonds. The second-order valence-electron chi connectivity index (χ2n) is 14.3. The zero-order valence-electron chi connectivity index (χ0n) is 30.7. The number of likely N-dealkylation sites (tertiary alicyclic amines) is 1. The molecule has 1 N–H and O–H groups in total. The highest BCUT2D eigenvalue weighted by Crippen LogP contribution is 2.19. The molecule has 274 valence electrons. The zero-order chi connectivity index (χ0) is 34.8. The van der Waals surface area contributed by atoms with Crippen molar-refractivity contribution in [1.29, 1.82) is 0 Å². The summed E-state index contributed by atoms with van der Waals surface area (Å²) in [5, 5.41) is 3.18. The van der Waals surface area contributed by atoms with Crippen molar-refractivity contribution in [3.8, 4) is 0 Å². The summed E-state index contributed by atoms with van der Waals surface area (Å²) < 4.78 is 14.9. The molecule has 0 spiro atoms. The maximum absolute atomic E-state index is 13.0. The molecule has 0 atom stereocenters. The van der Waals surface area contributed by atoms with Crippen LogP contribution in [0.15, 0.2) is 0 Å². The quantitative estimate of drug-likeness (QED) is 0.0576. The Bertz CT molecular complexity index is 817. The second-order valence-corrected chi connectivity index (χ2v) is 14.3. The summed E-state index contributed by atoms with van der Waals surface area (Å²) in [4.78, 5) is 51.9. The molecule has 10 nitrogen and oxygen atoms in total. The maximum atomic E-state index is 13.0. The summed E-state index contributed by atoms with van der Waals surface area (Å²) in [7, 11) is 2.89. The van der Waals surface area contributed by atoms with Gasteiger partial charge < -0.3 is 24.4 Å². The summed E-state index contributed by atoms with van der Waals surface area (Å²) in [6, 6.07) is 0. The third kappa shape index (κ3) is 24.4. The van der Waals surface area contributed by atoms with Gasteiger partial charge in [0.2, 0.25) is 5.91 Å². The molecule has 0 bridgehead atoms. The number of amides is 2. The lowest BCUT2D eigenvalue weighted by Crippen LogP contribution is -2.45. The topological polar surface area (TPSA) is 114 Å². The molecule has 1 aliphatic rings. The molecule has 10 heteroatoms. The lowest BCUT2D eigenvalue weighted by Gasteiger charge is -2.33. The van der Waals surface area contributed by atoms with Crippen molar-refractivity contribution < 1.29 is 33.4 Å². The Hall–Kier alpha value is -2.36. The van der Waals surface area contributed by atoms with Gasteiger partial charge in [0.1, 0.15) is 5.60 Å². The van der Waals surface area contributed by atoms with Gasteiger partial charge in [0.15, 0.2) is 0 Å². The number of ether oxygens (including phenoxy) is 3. The zero-order valence-corrected chi connectivity index (χ0v) is 30.7. The molecule has 0 saturated carbocycles. The highest BCUT2D eigenvalue weighted by Gasteiger charge is 2.27. The number of hydrogen-bond donors (Lipinski definition) is 1. The fourth-order valence-corrected chi connectivity index (χ4v) is 5.97. The third-order valence-corrected chi connectivity index (χ3v) is 8.89. The van der Waals surface area contributed by atoms with Crippen molar-refractivity contribution in [2.45, 2.75) is 155 Å². The van der Waals surface area contributed by atoms with Crippen LogP contribution in [0.5, 0.6) is 0 Å². The SMILES string of the molecule is COC(=O)CCCCCCCCCCN(CCCCCCCCCCC(=O)OC)CC(=O)NCC1CCN(C(=O)OC(C)(C)C)CC1. The van der Waals surface area contributed by atoms with Gasteiger partial charge in [-0.15, -0.1) is 0 Å². The molecule has 1 aliphatic heterocycles. The Morgan fingerprint density at radius 3 is 1.47 bits per heavy atom. The molecule has 0 aromatic carbocycles. The number of carbonyl (C=O) groups excluding carboxylic acids is 4. The molecule has 1 heterocycles. The van der Waals surface area contributed by atoms with E-state index in [-0.39, 0.29) is 23.9 Å².